The summed E-state index contributed by atoms with van der Waals surface area (Å²) in [7, 11) is 0. The second-order valence-corrected chi connectivity index (χ2v) is 11.6. The molecule has 5 nitrogen and oxygen atoms in total. The van der Waals surface area contributed by atoms with Crippen LogP contribution in [0.5, 0.6) is 0 Å². The van der Waals surface area contributed by atoms with Crippen LogP contribution < -0.4 is 0 Å². The molecule has 0 saturated heterocycles. The van der Waals surface area contributed by atoms with Crippen LogP contribution in [-0.2, 0) is 25.5 Å². The van der Waals surface area contributed by atoms with Crippen LogP contribution in [-0.4, -0.2) is 19.5 Å². The van der Waals surface area contributed by atoms with E-state index in [1.165, 1.54) is 0 Å². The fourth-order valence-electron chi connectivity index (χ4n) is 5.49. The molecular weight excluding hydrogens is 733 g/mol. The van der Waals surface area contributed by atoms with Crippen molar-refractivity contribution in [3.63, 3.8) is 0 Å². The quantitative estimate of drug-likeness (QED) is 0.168. The van der Waals surface area contributed by atoms with E-state index < -0.39 is 0 Å². The SMILES string of the molecule is CC(C)(C)c1nccc2c1nc(-c1[c-]ccc3c1oc1ccccc13)n2-c1ccccc1.[Ir].[c-]1ccccc1-c1ccccn1. The number of hydrogen-bond acceptors (Lipinski definition) is 4. The Balaban J connectivity index is 0.000000231. The zero-order valence-electron chi connectivity index (χ0n) is 25.2. The number of hydrogen-bond donors (Lipinski definition) is 0. The van der Waals surface area contributed by atoms with Crippen LogP contribution in [0.2, 0.25) is 0 Å². The van der Waals surface area contributed by atoms with Gasteiger partial charge in [0.05, 0.1) is 28.1 Å². The Morgan fingerprint density at radius 1 is 0.689 bits per heavy atom. The normalized spacial score (nSPS) is 11.3. The average molecular weight is 763 g/mol. The van der Waals surface area contributed by atoms with Crippen molar-refractivity contribution in [2.45, 2.75) is 26.2 Å². The van der Waals surface area contributed by atoms with Crippen LogP contribution in [0.4, 0.5) is 0 Å². The maximum Gasteiger partial charge on any atom is 0.120 e. The number of para-hydroxylation sites is 2. The van der Waals surface area contributed by atoms with Gasteiger partial charge in [0.15, 0.2) is 0 Å². The van der Waals surface area contributed by atoms with Gasteiger partial charge in [0.25, 0.3) is 0 Å². The van der Waals surface area contributed by atoms with Crippen LogP contribution in [0.1, 0.15) is 26.5 Å². The third-order valence-electron chi connectivity index (χ3n) is 7.51. The Hall–Kier alpha value is -4.90. The van der Waals surface area contributed by atoms with Crippen LogP contribution in [0.3, 0.4) is 0 Å². The minimum Gasteiger partial charge on any atom is -0.501 e. The van der Waals surface area contributed by atoms with Gasteiger partial charge < -0.3 is 14.0 Å². The van der Waals surface area contributed by atoms with Gasteiger partial charge in [-0.15, -0.1) is 54.1 Å². The van der Waals surface area contributed by atoms with Gasteiger partial charge in [0.1, 0.15) is 5.58 Å². The molecule has 0 aliphatic rings. The van der Waals surface area contributed by atoms with E-state index in [1.54, 1.807) is 6.20 Å². The summed E-state index contributed by atoms with van der Waals surface area (Å²) in [6.07, 6.45) is 3.66. The molecule has 0 bridgehead atoms. The molecular formula is C39H30IrN4O-2. The Labute approximate surface area is 276 Å². The van der Waals surface area contributed by atoms with Gasteiger partial charge in [-0.2, -0.15) is 0 Å². The van der Waals surface area contributed by atoms with Gasteiger partial charge in [0.2, 0.25) is 0 Å². The van der Waals surface area contributed by atoms with E-state index in [2.05, 4.69) is 66.7 Å². The fourth-order valence-corrected chi connectivity index (χ4v) is 5.49. The summed E-state index contributed by atoms with van der Waals surface area (Å²) in [6, 6.07) is 44.7. The number of benzene rings is 4. The molecule has 8 aromatic rings. The summed E-state index contributed by atoms with van der Waals surface area (Å²) in [5, 5.41) is 2.16. The predicted octanol–water partition coefficient (Wildman–Crippen LogP) is 9.63. The molecule has 4 aromatic carbocycles. The Kier molecular flexibility index (Phi) is 8.44. The number of aromatic nitrogens is 4. The van der Waals surface area contributed by atoms with Crippen molar-refractivity contribution in [2.75, 3.05) is 0 Å². The van der Waals surface area contributed by atoms with Crippen molar-refractivity contribution >= 4 is 33.0 Å². The second kappa shape index (κ2) is 12.6. The van der Waals surface area contributed by atoms with Crippen LogP contribution in [0, 0.1) is 12.1 Å². The Bertz CT molecular complexity index is 2160. The monoisotopic (exact) mass is 763 g/mol. The summed E-state index contributed by atoms with van der Waals surface area (Å²) in [6.45, 7) is 6.51. The summed E-state index contributed by atoms with van der Waals surface area (Å²) in [5.74, 6) is 0.800. The minimum absolute atomic E-state index is 0. The van der Waals surface area contributed by atoms with Crippen molar-refractivity contribution in [2.24, 2.45) is 0 Å². The Morgan fingerprint density at radius 2 is 1.47 bits per heavy atom. The first kappa shape index (κ1) is 30.1. The standard InChI is InChI=1S/C28H22N3O.C11H8N.Ir/c1-28(2,3)26-24-22(16-17-29-26)31(18-10-5-4-6-11-18)27(30-24)21-14-9-13-20-19-12-7-8-15-23(19)32-25(20)21;1-2-6-10(7-3-1)11-8-4-5-9-12-11;/h4-13,15-17H,1-3H3;1-6,8-9H;/q2*-1;. The molecule has 0 aliphatic carbocycles. The maximum atomic E-state index is 6.32. The largest absolute Gasteiger partial charge is 0.501 e. The summed E-state index contributed by atoms with van der Waals surface area (Å²) < 4.78 is 8.51. The molecule has 0 amide bonds. The van der Waals surface area contributed by atoms with Gasteiger partial charge >= 0.3 is 0 Å². The predicted molar refractivity (Wildman–Crippen MR) is 178 cm³/mol. The number of fused-ring (bicyclic) bond motifs is 4. The molecule has 4 heterocycles. The zero-order chi connectivity index (χ0) is 30.1. The van der Waals surface area contributed by atoms with Gasteiger partial charge in [-0.25, -0.2) is 0 Å². The van der Waals surface area contributed by atoms with E-state index in [0.29, 0.717) is 0 Å². The molecule has 45 heavy (non-hydrogen) atoms. The van der Waals surface area contributed by atoms with Gasteiger partial charge in [-0.05, 0) is 36.0 Å². The number of furan rings is 1. The van der Waals surface area contributed by atoms with E-state index >= 15 is 0 Å². The number of rotatable bonds is 3. The van der Waals surface area contributed by atoms with Gasteiger partial charge in [-0.1, -0.05) is 80.3 Å². The van der Waals surface area contributed by atoms with Gasteiger partial charge in [0, 0.05) is 49.0 Å². The molecule has 1 radical (unpaired) electrons. The molecule has 0 atom stereocenters. The van der Waals surface area contributed by atoms with Crippen molar-refractivity contribution in [3.8, 4) is 28.3 Å². The topological polar surface area (TPSA) is 56.7 Å². The third-order valence-corrected chi connectivity index (χ3v) is 7.51. The molecule has 4 aromatic heterocycles. The first-order valence-electron chi connectivity index (χ1n) is 14.6. The zero-order valence-corrected chi connectivity index (χ0v) is 27.5. The first-order chi connectivity index (χ1) is 21.5. The van der Waals surface area contributed by atoms with Crippen LogP contribution in [0.25, 0.3) is 61.3 Å². The van der Waals surface area contributed by atoms with E-state index in [1.807, 2.05) is 97.2 Å². The molecule has 0 unspecified atom stereocenters. The number of imidazole rings is 1. The molecule has 6 heteroatoms. The van der Waals surface area contributed by atoms with Crippen LogP contribution >= 0.6 is 0 Å². The second-order valence-electron chi connectivity index (χ2n) is 11.6. The van der Waals surface area contributed by atoms with Crippen molar-refractivity contribution < 1.29 is 24.5 Å². The maximum absolute atomic E-state index is 6.32. The Morgan fingerprint density at radius 3 is 2.22 bits per heavy atom. The van der Waals surface area contributed by atoms with E-state index in [0.717, 1.165) is 67.0 Å². The molecule has 0 fully saturated rings. The molecule has 0 spiro atoms. The molecule has 0 N–H and O–H groups in total. The number of pyridine rings is 2. The molecule has 0 aliphatic heterocycles. The summed E-state index contributed by atoms with van der Waals surface area (Å²) in [5.41, 5.74) is 8.32. The van der Waals surface area contributed by atoms with Crippen molar-refractivity contribution in [1.82, 2.24) is 19.5 Å². The smallest absolute Gasteiger partial charge is 0.120 e. The fraction of sp³-hybridized carbons (Fsp3) is 0.103. The molecule has 0 saturated carbocycles. The van der Waals surface area contributed by atoms with E-state index in [-0.39, 0.29) is 25.5 Å². The number of nitrogens with zero attached hydrogens (tertiary/aromatic N) is 4. The van der Waals surface area contributed by atoms with Crippen molar-refractivity contribution in [3.05, 3.63) is 145 Å². The first-order valence-corrected chi connectivity index (χ1v) is 14.6. The third kappa shape index (κ3) is 5.83. The van der Waals surface area contributed by atoms with E-state index in [4.69, 9.17) is 14.4 Å². The van der Waals surface area contributed by atoms with E-state index in [9.17, 15) is 0 Å². The van der Waals surface area contributed by atoms with Crippen LogP contribution in [0.15, 0.2) is 132 Å². The summed E-state index contributed by atoms with van der Waals surface area (Å²) in [4.78, 5) is 14.1. The van der Waals surface area contributed by atoms with Gasteiger partial charge in [-0.3, -0.25) is 9.97 Å². The van der Waals surface area contributed by atoms with Crippen molar-refractivity contribution in [1.29, 1.82) is 0 Å². The average Bonchev–Trinajstić information content (AvgIpc) is 3.65. The summed E-state index contributed by atoms with van der Waals surface area (Å²) >= 11 is 0. The molecule has 223 valence electrons. The molecule has 8 rings (SSSR count). The minimum atomic E-state index is -0.137.